The highest BCUT2D eigenvalue weighted by Gasteiger charge is 2.41. The van der Waals surface area contributed by atoms with Gasteiger partial charge in [-0.2, -0.15) is 0 Å². The Morgan fingerprint density at radius 3 is 2.34 bits per heavy atom. The molecule has 0 spiro atoms. The van der Waals surface area contributed by atoms with Crippen LogP contribution in [-0.2, 0) is 9.59 Å². The second kappa shape index (κ2) is 12.5. The first-order valence-corrected chi connectivity index (χ1v) is 13.0. The number of amides is 2. The molecule has 32 heavy (non-hydrogen) atoms. The third-order valence-electron chi connectivity index (χ3n) is 6.69. The van der Waals surface area contributed by atoms with E-state index in [1.54, 1.807) is 4.90 Å². The standard InChI is InChI=1S/C26H39ClN2O3/c1-3-4-5-6-17-32-23-15-9-20(10-16-23)25(29(22-13-14-22)24(30)18-27)26(31)28-21-11-7-19(2)8-12-21/h9-10,15-16,19,21-22,25H,3-8,11-14,17-18H2,1-2H3,(H,28,31)/t19?,21?,25-/m1/s1. The Hall–Kier alpha value is -1.75. The van der Waals surface area contributed by atoms with Gasteiger partial charge in [-0.25, -0.2) is 0 Å². The van der Waals surface area contributed by atoms with Gasteiger partial charge in [-0.05, 0) is 68.6 Å². The van der Waals surface area contributed by atoms with E-state index in [0.717, 1.165) is 56.3 Å². The summed E-state index contributed by atoms with van der Waals surface area (Å²) in [5.41, 5.74) is 0.815. The Bertz CT molecular complexity index is 727. The maximum absolute atomic E-state index is 13.5. The molecule has 0 unspecified atom stereocenters. The number of unbranched alkanes of at least 4 members (excludes halogenated alkanes) is 3. The number of benzene rings is 1. The van der Waals surface area contributed by atoms with Gasteiger partial charge in [0.05, 0.1) is 6.61 Å². The number of rotatable bonds is 12. The summed E-state index contributed by atoms with van der Waals surface area (Å²) in [6.45, 7) is 5.16. The van der Waals surface area contributed by atoms with E-state index in [-0.39, 0.29) is 29.8 Å². The summed E-state index contributed by atoms with van der Waals surface area (Å²) in [7, 11) is 0. The van der Waals surface area contributed by atoms with E-state index >= 15 is 0 Å². The van der Waals surface area contributed by atoms with Gasteiger partial charge >= 0.3 is 0 Å². The zero-order chi connectivity index (χ0) is 22.9. The predicted molar refractivity (Wildman–Crippen MR) is 129 cm³/mol. The molecule has 6 heteroatoms. The Morgan fingerprint density at radius 2 is 1.75 bits per heavy atom. The summed E-state index contributed by atoms with van der Waals surface area (Å²) in [4.78, 5) is 27.9. The van der Waals surface area contributed by atoms with E-state index < -0.39 is 6.04 Å². The van der Waals surface area contributed by atoms with Crippen LogP contribution in [0, 0.1) is 5.92 Å². The van der Waals surface area contributed by atoms with Gasteiger partial charge < -0.3 is 15.0 Å². The third kappa shape index (κ3) is 7.13. The van der Waals surface area contributed by atoms with Gasteiger partial charge in [0.2, 0.25) is 11.8 Å². The molecule has 0 heterocycles. The van der Waals surface area contributed by atoms with Crippen LogP contribution in [0.25, 0.3) is 0 Å². The summed E-state index contributed by atoms with van der Waals surface area (Å²) < 4.78 is 5.87. The molecule has 2 saturated carbocycles. The van der Waals surface area contributed by atoms with Gasteiger partial charge in [0.1, 0.15) is 17.7 Å². The first kappa shape index (κ1) is 24.9. The zero-order valence-electron chi connectivity index (χ0n) is 19.7. The molecule has 2 aliphatic rings. The topological polar surface area (TPSA) is 58.6 Å². The van der Waals surface area contributed by atoms with Crippen LogP contribution in [0.1, 0.15) is 89.7 Å². The van der Waals surface area contributed by atoms with E-state index in [0.29, 0.717) is 12.5 Å². The van der Waals surface area contributed by atoms with E-state index in [1.165, 1.54) is 19.3 Å². The summed E-state index contributed by atoms with van der Waals surface area (Å²) in [5.74, 6) is 1.13. The van der Waals surface area contributed by atoms with E-state index in [2.05, 4.69) is 19.2 Å². The lowest BCUT2D eigenvalue weighted by molar-refractivity contribution is -0.140. The third-order valence-corrected chi connectivity index (χ3v) is 6.92. The molecule has 3 rings (SSSR count). The number of hydrogen-bond acceptors (Lipinski definition) is 3. The van der Waals surface area contributed by atoms with Crippen molar-refractivity contribution in [1.29, 1.82) is 0 Å². The van der Waals surface area contributed by atoms with Crippen LogP contribution in [-0.4, -0.2) is 41.3 Å². The molecule has 0 aromatic heterocycles. The second-order valence-electron chi connectivity index (χ2n) is 9.51. The smallest absolute Gasteiger partial charge is 0.247 e. The molecule has 1 atom stereocenters. The van der Waals surface area contributed by atoms with E-state index in [1.807, 2.05) is 24.3 Å². The van der Waals surface area contributed by atoms with Crippen molar-refractivity contribution < 1.29 is 14.3 Å². The van der Waals surface area contributed by atoms with Crippen LogP contribution < -0.4 is 10.1 Å². The molecule has 0 saturated heterocycles. The molecule has 1 N–H and O–H groups in total. The minimum Gasteiger partial charge on any atom is -0.494 e. The molecule has 1 aromatic rings. The Labute approximate surface area is 198 Å². The van der Waals surface area contributed by atoms with Crippen LogP contribution in [0.5, 0.6) is 5.75 Å². The maximum atomic E-state index is 13.5. The number of carbonyl (C=O) groups is 2. The average molecular weight is 463 g/mol. The summed E-state index contributed by atoms with van der Waals surface area (Å²) >= 11 is 5.94. The fraction of sp³-hybridized carbons (Fsp3) is 0.692. The number of nitrogens with one attached hydrogen (secondary N) is 1. The van der Waals surface area contributed by atoms with Gasteiger partial charge in [-0.1, -0.05) is 45.2 Å². The van der Waals surface area contributed by atoms with Gasteiger partial charge in [0.15, 0.2) is 0 Å². The first-order chi connectivity index (χ1) is 15.5. The van der Waals surface area contributed by atoms with Crippen molar-refractivity contribution in [2.75, 3.05) is 12.5 Å². The average Bonchev–Trinajstić information content (AvgIpc) is 3.64. The molecule has 2 aliphatic carbocycles. The SMILES string of the molecule is CCCCCCOc1ccc([C@H](C(=O)NC2CCC(C)CC2)N(C(=O)CCl)C2CC2)cc1. The monoisotopic (exact) mass is 462 g/mol. The highest BCUT2D eigenvalue weighted by Crippen LogP contribution is 2.36. The quantitative estimate of drug-likeness (QED) is 0.324. The van der Waals surface area contributed by atoms with Crippen molar-refractivity contribution in [1.82, 2.24) is 10.2 Å². The molecule has 2 fully saturated rings. The van der Waals surface area contributed by atoms with Crippen molar-refractivity contribution >= 4 is 23.4 Å². The number of nitrogens with zero attached hydrogens (tertiary/aromatic N) is 1. The lowest BCUT2D eigenvalue weighted by Gasteiger charge is -2.34. The maximum Gasteiger partial charge on any atom is 0.247 e. The fourth-order valence-corrected chi connectivity index (χ4v) is 4.71. The first-order valence-electron chi connectivity index (χ1n) is 12.4. The number of carbonyl (C=O) groups excluding carboxylic acids is 2. The molecular formula is C26H39ClN2O3. The lowest BCUT2D eigenvalue weighted by atomic mass is 9.87. The fourth-order valence-electron chi connectivity index (χ4n) is 4.57. The van der Waals surface area contributed by atoms with Gasteiger partial charge in [-0.3, -0.25) is 9.59 Å². The number of alkyl halides is 1. The van der Waals surface area contributed by atoms with Gasteiger partial charge in [0.25, 0.3) is 0 Å². The Balaban J connectivity index is 1.71. The minimum absolute atomic E-state index is 0.0943. The minimum atomic E-state index is -0.647. The van der Waals surface area contributed by atoms with Crippen LogP contribution in [0.4, 0.5) is 0 Å². The van der Waals surface area contributed by atoms with Gasteiger partial charge in [0, 0.05) is 12.1 Å². The molecule has 0 bridgehead atoms. The molecule has 0 aliphatic heterocycles. The molecular weight excluding hydrogens is 424 g/mol. The predicted octanol–water partition coefficient (Wildman–Crippen LogP) is 5.61. The van der Waals surface area contributed by atoms with E-state index in [4.69, 9.17) is 16.3 Å². The number of ether oxygens (including phenoxy) is 1. The van der Waals surface area contributed by atoms with Crippen molar-refractivity contribution in [3.8, 4) is 5.75 Å². The normalized spacial score (nSPS) is 21.6. The molecule has 5 nitrogen and oxygen atoms in total. The van der Waals surface area contributed by atoms with Crippen LogP contribution in [0.2, 0.25) is 0 Å². The van der Waals surface area contributed by atoms with Crippen molar-refractivity contribution in [3.05, 3.63) is 29.8 Å². The highest BCUT2D eigenvalue weighted by molar-refractivity contribution is 6.27. The lowest BCUT2D eigenvalue weighted by Crippen LogP contribution is -2.48. The molecule has 0 radical (unpaired) electrons. The molecule has 2 amide bonds. The number of halogens is 1. The van der Waals surface area contributed by atoms with Crippen molar-refractivity contribution in [2.24, 2.45) is 5.92 Å². The van der Waals surface area contributed by atoms with Crippen LogP contribution >= 0.6 is 11.6 Å². The van der Waals surface area contributed by atoms with Crippen LogP contribution in [0.15, 0.2) is 24.3 Å². The summed E-state index contributed by atoms with van der Waals surface area (Å²) in [5, 5.41) is 3.24. The molecule has 178 valence electrons. The largest absolute Gasteiger partial charge is 0.494 e. The Morgan fingerprint density at radius 1 is 1.06 bits per heavy atom. The molecule has 1 aromatic carbocycles. The highest BCUT2D eigenvalue weighted by atomic mass is 35.5. The van der Waals surface area contributed by atoms with Gasteiger partial charge in [-0.15, -0.1) is 11.6 Å². The van der Waals surface area contributed by atoms with Crippen molar-refractivity contribution in [2.45, 2.75) is 96.2 Å². The summed E-state index contributed by atoms with van der Waals surface area (Å²) in [6, 6.07) is 7.29. The summed E-state index contributed by atoms with van der Waals surface area (Å²) in [6.07, 6.45) is 10.8. The Kier molecular flexibility index (Phi) is 9.70. The zero-order valence-corrected chi connectivity index (χ0v) is 20.4. The van der Waals surface area contributed by atoms with Crippen LogP contribution in [0.3, 0.4) is 0 Å². The van der Waals surface area contributed by atoms with Crippen molar-refractivity contribution in [3.63, 3.8) is 0 Å². The second-order valence-corrected chi connectivity index (χ2v) is 9.78. The van der Waals surface area contributed by atoms with E-state index in [9.17, 15) is 9.59 Å². The number of hydrogen-bond donors (Lipinski definition) is 1.